The summed E-state index contributed by atoms with van der Waals surface area (Å²) < 4.78 is 22.7. The molecule has 1 fully saturated rings. The van der Waals surface area contributed by atoms with Crippen molar-refractivity contribution in [1.29, 1.82) is 0 Å². The van der Waals surface area contributed by atoms with Gasteiger partial charge in [-0.15, -0.1) is 0 Å². The van der Waals surface area contributed by atoms with E-state index >= 15 is 0 Å². The first kappa shape index (κ1) is 33.5. The molecular formula is C35H38IN4O6-. The molecule has 0 radical (unpaired) electrons. The van der Waals surface area contributed by atoms with E-state index in [4.69, 9.17) is 9.47 Å². The first-order chi connectivity index (χ1) is 22.3. The number of nitrogens with zero attached hydrogens (tertiary/aromatic N) is 3. The second kappa shape index (κ2) is 15.6. The Kier molecular flexibility index (Phi) is 11.3. The number of dihydropyridines is 1. The van der Waals surface area contributed by atoms with E-state index in [9.17, 15) is 17.9 Å². The van der Waals surface area contributed by atoms with E-state index in [0.29, 0.717) is 26.8 Å². The van der Waals surface area contributed by atoms with E-state index in [0.717, 1.165) is 26.2 Å². The van der Waals surface area contributed by atoms with Crippen LogP contribution in [0.5, 0.6) is 0 Å². The molecule has 0 saturated carbocycles. The van der Waals surface area contributed by atoms with Crippen molar-refractivity contribution in [3.8, 4) is 0 Å². The second-order valence-corrected chi connectivity index (χ2v) is 12.5. The summed E-state index contributed by atoms with van der Waals surface area (Å²) in [7, 11) is 1.28. The lowest BCUT2D eigenvalue weighted by atomic mass is 9.80. The van der Waals surface area contributed by atoms with Crippen LogP contribution < -0.4 is 8.59 Å². The largest absolute Gasteiger partial charge is 0.748 e. The molecule has 1 unspecified atom stereocenters. The minimum atomic E-state index is -1.98. The van der Waals surface area contributed by atoms with Crippen LogP contribution in [0.15, 0.2) is 107 Å². The molecular weight excluding hydrogens is 699 g/mol. The zero-order valence-electron chi connectivity index (χ0n) is 26.1. The number of esters is 2. The van der Waals surface area contributed by atoms with Gasteiger partial charge in [0.2, 0.25) is 0 Å². The number of nitrogens with one attached hydrogen (secondary N) is 1. The number of ether oxygens (including phenoxy) is 2. The second-order valence-electron chi connectivity index (χ2n) is 11.3. The van der Waals surface area contributed by atoms with Gasteiger partial charge in [0.25, 0.3) is 21.5 Å². The number of halogens is 1. The van der Waals surface area contributed by atoms with Gasteiger partial charge in [-0.05, 0) is 42.7 Å². The molecule has 0 aliphatic carbocycles. The number of carbonyl (C=O) groups excluding carboxylic acids is 2. The zero-order valence-corrected chi connectivity index (χ0v) is 28.3. The van der Waals surface area contributed by atoms with Crippen molar-refractivity contribution in [3.63, 3.8) is 0 Å². The topological polar surface area (TPSA) is 114 Å². The summed E-state index contributed by atoms with van der Waals surface area (Å²) in [6, 6.07) is 27.7. The molecule has 2 heterocycles. The molecule has 3 aromatic carbocycles. The Morgan fingerprint density at radius 1 is 0.891 bits per heavy atom. The number of rotatable bonds is 11. The maximum atomic E-state index is 13.7. The SMILES string of the molecule is COC(=O)C1=C(C)NC(C)=C(C(=O)OCCN2CCN(C(c3ccccc3)c3ccccc3)CC2)C1c1cccc(N([O-])I=O)c1. The number of anilines is 1. The Morgan fingerprint density at radius 3 is 2.04 bits per heavy atom. The number of hydrogen-bond donors (Lipinski definition) is 1. The van der Waals surface area contributed by atoms with Crippen LogP contribution in [-0.4, -0.2) is 68.2 Å². The molecule has 1 saturated heterocycles. The molecule has 0 bridgehead atoms. The van der Waals surface area contributed by atoms with E-state index in [2.05, 4.69) is 63.6 Å². The lowest BCUT2D eigenvalue weighted by Crippen LogP contribution is -2.48. The fourth-order valence-electron chi connectivity index (χ4n) is 6.31. The number of carbonyl (C=O) groups is 2. The van der Waals surface area contributed by atoms with Gasteiger partial charge in [-0.3, -0.25) is 9.80 Å². The van der Waals surface area contributed by atoms with Gasteiger partial charge in [-0.1, -0.05) is 72.8 Å². The Balaban J connectivity index is 1.26. The van der Waals surface area contributed by atoms with E-state index in [1.165, 1.54) is 18.2 Å². The van der Waals surface area contributed by atoms with Gasteiger partial charge in [-0.25, -0.2) is 12.7 Å². The van der Waals surface area contributed by atoms with Crippen LogP contribution in [0.1, 0.15) is 42.5 Å². The minimum absolute atomic E-state index is 0.163. The van der Waals surface area contributed by atoms with Gasteiger partial charge < -0.3 is 23.3 Å². The quantitative estimate of drug-likeness (QED) is 0.116. The molecule has 1 atom stereocenters. The van der Waals surface area contributed by atoms with E-state index < -0.39 is 39.3 Å². The van der Waals surface area contributed by atoms with Crippen LogP contribution in [0.25, 0.3) is 0 Å². The molecule has 2 aliphatic rings. The van der Waals surface area contributed by atoms with Crippen molar-refractivity contribution < 1.29 is 22.1 Å². The minimum Gasteiger partial charge on any atom is -0.748 e. The predicted octanol–water partition coefficient (Wildman–Crippen LogP) is 5.58. The lowest BCUT2D eigenvalue weighted by molar-refractivity contribution is -0.140. The molecule has 1 N–H and O–H groups in total. The molecule has 0 aromatic heterocycles. The summed E-state index contributed by atoms with van der Waals surface area (Å²) >= 11 is -1.98. The molecule has 242 valence electrons. The summed E-state index contributed by atoms with van der Waals surface area (Å²) in [5, 5.41) is 15.3. The summed E-state index contributed by atoms with van der Waals surface area (Å²) in [5.74, 6) is -2.00. The Hall–Kier alpha value is -3.91. The van der Waals surface area contributed by atoms with Gasteiger partial charge in [0, 0.05) is 49.8 Å². The van der Waals surface area contributed by atoms with Crippen molar-refractivity contribution in [2.24, 2.45) is 0 Å². The van der Waals surface area contributed by atoms with E-state index in [-0.39, 0.29) is 29.5 Å². The Labute approximate surface area is 280 Å². The van der Waals surface area contributed by atoms with Gasteiger partial charge in [0.15, 0.2) is 0 Å². The first-order valence-electron chi connectivity index (χ1n) is 15.2. The summed E-state index contributed by atoms with van der Waals surface area (Å²) in [4.78, 5) is 31.4. The monoisotopic (exact) mass is 737 g/mol. The van der Waals surface area contributed by atoms with Gasteiger partial charge >= 0.3 is 11.9 Å². The average Bonchev–Trinajstić information content (AvgIpc) is 3.09. The Bertz CT molecular complexity index is 1570. The standard InChI is InChI=1S/C35H38IN4O6/c1-24-30(34(41)45-3)32(28-15-10-16-29(23-28)40(44)36-43)31(25(2)37-24)35(42)46-22-21-38-17-19-39(20-18-38)33(26-11-6-4-7-12-26)27-13-8-5-9-14-27/h4-16,23,32-33,37H,17-22H2,1-3H3/q-1. The van der Waals surface area contributed by atoms with Crippen LogP contribution in [0.4, 0.5) is 5.69 Å². The fraction of sp³-hybridized carbons (Fsp3) is 0.314. The highest BCUT2D eigenvalue weighted by molar-refractivity contribution is 14.1. The van der Waals surface area contributed by atoms with Gasteiger partial charge in [0.05, 0.1) is 30.2 Å². The fourth-order valence-corrected chi connectivity index (χ4v) is 6.83. The number of benzene rings is 3. The molecule has 0 amide bonds. The molecule has 2 aliphatic heterocycles. The first-order valence-corrected chi connectivity index (χ1v) is 17.0. The zero-order chi connectivity index (χ0) is 32.6. The molecule has 0 spiro atoms. The van der Waals surface area contributed by atoms with Crippen molar-refractivity contribution in [2.75, 3.05) is 49.7 Å². The van der Waals surface area contributed by atoms with Crippen LogP contribution in [0.2, 0.25) is 0 Å². The summed E-state index contributed by atoms with van der Waals surface area (Å²) in [6.45, 7) is 7.62. The van der Waals surface area contributed by atoms with Gasteiger partial charge in [-0.2, -0.15) is 0 Å². The van der Waals surface area contributed by atoms with Crippen molar-refractivity contribution in [2.45, 2.75) is 25.8 Å². The van der Waals surface area contributed by atoms with E-state index in [1.807, 2.05) is 12.1 Å². The van der Waals surface area contributed by atoms with Crippen LogP contribution in [0.3, 0.4) is 0 Å². The average molecular weight is 738 g/mol. The van der Waals surface area contributed by atoms with Crippen molar-refractivity contribution in [3.05, 3.63) is 129 Å². The van der Waals surface area contributed by atoms with Crippen LogP contribution in [-0.2, 0) is 22.1 Å². The van der Waals surface area contributed by atoms with E-state index in [1.54, 1.807) is 38.1 Å². The number of piperazine rings is 1. The molecule has 10 nitrogen and oxygen atoms in total. The van der Waals surface area contributed by atoms with Gasteiger partial charge in [0.1, 0.15) is 6.61 Å². The van der Waals surface area contributed by atoms with Crippen molar-refractivity contribution in [1.82, 2.24) is 15.1 Å². The normalized spacial score (nSPS) is 17.5. The van der Waals surface area contributed by atoms with Crippen LogP contribution in [0, 0.1) is 5.21 Å². The Morgan fingerprint density at radius 2 is 1.48 bits per heavy atom. The molecule has 3 aromatic rings. The summed E-state index contributed by atoms with van der Waals surface area (Å²) in [6.07, 6.45) is 0. The third-order valence-electron chi connectivity index (χ3n) is 8.50. The van der Waals surface area contributed by atoms with Crippen molar-refractivity contribution >= 4 is 39.1 Å². The number of hydrogen-bond acceptors (Lipinski definition) is 9. The third kappa shape index (κ3) is 7.55. The third-order valence-corrected chi connectivity index (χ3v) is 9.41. The maximum absolute atomic E-state index is 13.7. The molecule has 5 rings (SSSR count). The number of methoxy groups -OCH3 is 1. The molecule has 11 heteroatoms. The maximum Gasteiger partial charge on any atom is 0.336 e. The smallest absolute Gasteiger partial charge is 0.336 e. The highest BCUT2D eigenvalue weighted by atomic mass is 127. The predicted molar refractivity (Wildman–Crippen MR) is 184 cm³/mol. The molecule has 46 heavy (non-hydrogen) atoms. The number of allylic oxidation sites excluding steroid dienone is 2. The lowest BCUT2D eigenvalue weighted by Gasteiger charge is -2.39. The van der Waals surface area contributed by atoms with Crippen LogP contribution >= 0.6 is 21.5 Å². The highest BCUT2D eigenvalue weighted by Crippen LogP contribution is 2.40. The summed E-state index contributed by atoms with van der Waals surface area (Å²) in [5.41, 5.74) is 4.81. The highest BCUT2D eigenvalue weighted by Gasteiger charge is 2.38.